The summed E-state index contributed by atoms with van der Waals surface area (Å²) in [5, 5.41) is 8.07. The van der Waals surface area contributed by atoms with E-state index in [0.29, 0.717) is 6.04 Å². The lowest BCUT2D eigenvalue weighted by Crippen LogP contribution is -2.21. The molecule has 1 rings (SSSR count). The van der Waals surface area contributed by atoms with Crippen LogP contribution < -0.4 is 5.32 Å². The highest BCUT2D eigenvalue weighted by Gasteiger charge is 2.12. The Labute approximate surface area is 118 Å². The van der Waals surface area contributed by atoms with Gasteiger partial charge in [-0.25, -0.2) is 0 Å². The fraction of sp³-hybridized carbons (Fsp3) is 0.812. The minimum Gasteiger partial charge on any atom is -0.309 e. The Hall–Kier alpha value is -0.830. The Morgan fingerprint density at radius 3 is 2.37 bits per heavy atom. The number of aryl methyl sites for hydroxylation is 1. The van der Waals surface area contributed by atoms with Crippen LogP contribution in [0, 0.1) is 0 Å². The summed E-state index contributed by atoms with van der Waals surface area (Å²) in [4.78, 5) is 0. The zero-order valence-corrected chi connectivity index (χ0v) is 13.0. The van der Waals surface area contributed by atoms with Crippen molar-refractivity contribution in [1.82, 2.24) is 15.1 Å². The Balaban J connectivity index is 2.19. The molecule has 19 heavy (non-hydrogen) atoms. The van der Waals surface area contributed by atoms with Crippen molar-refractivity contribution in [2.75, 3.05) is 6.54 Å². The van der Waals surface area contributed by atoms with E-state index in [4.69, 9.17) is 0 Å². The highest BCUT2D eigenvalue weighted by Crippen LogP contribution is 2.18. The molecule has 0 aliphatic carbocycles. The topological polar surface area (TPSA) is 29.9 Å². The van der Waals surface area contributed by atoms with Crippen molar-refractivity contribution in [3.63, 3.8) is 0 Å². The average Bonchev–Trinajstić information content (AvgIpc) is 2.83. The summed E-state index contributed by atoms with van der Waals surface area (Å²) < 4.78 is 1.89. The number of nitrogens with one attached hydrogen (secondary N) is 1. The molecule has 0 fully saturated rings. The predicted octanol–water partition coefficient (Wildman–Crippen LogP) is 4.21. The molecule has 1 unspecified atom stereocenters. The van der Waals surface area contributed by atoms with E-state index >= 15 is 0 Å². The second-order valence-electron chi connectivity index (χ2n) is 5.43. The highest BCUT2D eigenvalue weighted by atomic mass is 15.3. The summed E-state index contributed by atoms with van der Waals surface area (Å²) >= 11 is 0. The van der Waals surface area contributed by atoms with Crippen molar-refractivity contribution in [2.24, 2.45) is 7.05 Å². The summed E-state index contributed by atoms with van der Waals surface area (Å²) in [5.41, 5.74) is 1.19. The van der Waals surface area contributed by atoms with Gasteiger partial charge < -0.3 is 5.32 Å². The van der Waals surface area contributed by atoms with E-state index in [1.54, 1.807) is 0 Å². The zero-order chi connectivity index (χ0) is 13.9. The maximum absolute atomic E-state index is 4.52. The average molecular weight is 265 g/mol. The number of aromatic nitrogens is 2. The van der Waals surface area contributed by atoms with Crippen LogP contribution in [0.3, 0.4) is 0 Å². The van der Waals surface area contributed by atoms with E-state index in [0.717, 1.165) is 6.54 Å². The third kappa shape index (κ3) is 6.76. The van der Waals surface area contributed by atoms with Gasteiger partial charge in [0.2, 0.25) is 0 Å². The van der Waals surface area contributed by atoms with Gasteiger partial charge in [0.1, 0.15) is 0 Å². The standard InChI is InChI=1S/C16H31N3/c1-4-6-7-8-9-10-11-12-15(17-5-2)16-13-14-19(3)18-16/h13-15,17H,4-12H2,1-3H3. The molecular weight excluding hydrogens is 234 g/mol. The van der Waals surface area contributed by atoms with Crippen LogP contribution in [0.4, 0.5) is 0 Å². The molecule has 0 aliphatic heterocycles. The molecule has 1 aromatic rings. The lowest BCUT2D eigenvalue weighted by atomic mass is 10.0. The van der Waals surface area contributed by atoms with Crippen LogP contribution in [0.5, 0.6) is 0 Å². The van der Waals surface area contributed by atoms with E-state index in [-0.39, 0.29) is 0 Å². The summed E-state index contributed by atoms with van der Waals surface area (Å²) in [5.74, 6) is 0. The van der Waals surface area contributed by atoms with Crippen LogP contribution in [0.2, 0.25) is 0 Å². The monoisotopic (exact) mass is 265 g/mol. The van der Waals surface area contributed by atoms with Crippen LogP contribution >= 0.6 is 0 Å². The zero-order valence-electron chi connectivity index (χ0n) is 13.0. The van der Waals surface area contributed by atoms with Gasteiger partial charge in [0.25, 0.3) is 0 Å². The molecule has 0 aliphatic rings. The summed E-state index contributed by atoms with van der Waals surface area (Å²) in [6.07, 6.45) is 12.8. The number of unbranched alkanes of at least 4 members (excludes halogenated alkanes) is 6. The van der Waals surface area contributed by atoms with Gasteiger partial charge in [-0.15, -0.1) is 0 Å². The number of nitrogens with zero attached hydrogens (tertiary/aromatic N) is 2. The van der Waals surface area contributed by atoms with E-state index in [2.05, 4.69) is 30.3 Å². The largest absolute Gasteiger partial charge is 0.309 e. The minimum atomic E-state index is 0.432. The molecule has 1 N–H and O–H groups in total. The van der Waals surface area contributed by atoms with Crippen LogP contribution in [0.15, 0.2) is 12.3 Å². The molecular formula is C16H31N3. The van der Waals surface area contributed by atoms with Gasteiger partial charge in [-0.05, 0) is 19.0 Å². The second kappa shape index (κ2) is 10.0. The van der Waals surface area contributed by atoms with Gasteiger partial charge in [0.05, 0.1) is 11.7 Å². The summed E-state index contributed by atoms with van der Waals surface area (Å²) in [6.45, 7) is 5.45. The van der Waals surface area contributed by atoms with Crippen molar-refractivity contribution in [3.05, 3.63) is 18.0 Å². The van der Waals surface area contributed by atoms with Crippen LogP contribution in [0.1, 0.15) is 76.9 Å². The molecule has 0 radical (unpaired) electrons. The molecule has 0 saturated heterocycles. The Kier molecular flexibility index (Phi) is 8.55. The van der Waals surface area contributed by atoms with Crippen LogP contribution in [0.25, 0.3) is 0 Å². The molecule has 0 saturated carbocycles. The maximum Gasteiger partial charge on any atom is 0.0793 e. The van der Waals surface area contributed by atoms with E-state index in [1.165, 1.54) is 57.1 Å². The van der Waals surface area contributed by atoms with Gasteiger partial charge in [-0.3, -0.25) is 4.68 Å². The van der Waals surface area contributed by atoms with Crippen molar-refractivity contribution < 1.29 is 0 Å². The molecule has 110 valence electrons. The maximum atomic E-state index is 4.52. The first kappa shape index (κ1) is 16.2. The van der Waals surface area contributed by atoms with Crippen molar-refractivity contribution >= 4 is 0 Å². The van der Waals surface area contributed by atoms with Crippen molar-refractivity contribution in [3.8, 4) is 0 Å². The fourth-order valence-electron chi connectivity index (χ4n) is 2.53. The van der Waals surface area contributed by atoms with Gasteiger partial charge >= 0.3 is 0 Å². The van der Waals surface area contributed by atoms with Crippen molar-refractivity contribution in [2.45, 2.75) is 71.3 Å². The smallest absolute Gasteiger partial charge is 0.0793 e. The normalized spacial score (nSPS) is 12.8. The van der Waals surface area contributed by atoms with Gasteiger partial charge in [0, 0.05) is 13.2 Å². The lowest BCUT2D eigenvalue weighted by Gasteiger charge is -2.15. The third-order valence-corrected chi connectivity index (χ3v) is 3.64. The Morgan fingerprint density at radius 2 is 1.79 bits per heavy atom. The van der Waals surface area contributed by atoms with E-state index in [1.807, 2.05) is 17.9 Å². The van der Waals surface area contributed by atoms with Crippen molar-refractivity contribution in [1.29, 1.82) is 0 Å². The lowest BCUT2D eigenvalue weighted by molar-refractivity contribution is 0.463. The molecule has 3 heteroatoms. The van der Waals surface area contributed by atoms with Gasteiger partial charge in [-0.1, -0.05) is 58.8 Å². The van der Waals surface area contributed by atoms with Gasteiger partial charge in [-0.2, -0.15) is 5.10 Å². The first-order valence-corrected chi connectivity index (χ1v) is 8.00. The highest BCUT2D eigenvalue weighted by molar-refractivity contribution is 5.05. The minimum absolute atomic E-state index is 0.432. The first-order chi connectivity index (χ1) is 9.27. The molecule has 0 aromatic carbocycles. The van der Waals surface area contributed by atoms with Crippen LogP contribution in [-0.4, -0.2) is 16.3 Å². The predicted molar refractivity (Wildman–Crippen MR) is 82.2 cm³/mol. The first-order valence-electron chi connectivity index (χ1n) is 8.00. The third-order valence-electron chi connectivity index (χ3n) is 3.64. The SMILES string of the molecule is CCCCCCCCCC(NCC)c1ccn(C)n1. The van der Waals surface area contributed by atoms with E-state index in [9.17, 15) is 0 Å². The second-order valence-corrected chi connectivity index (χ2v) is 5.43. The Bertz CT molecular complexity index is 320. The molecule has 3 nitrogen and oxygen atoms in total. The number of hydrogen-bond donors (Lipinski definition) is 1. The number of rotatable bonds is 11. The quantitative estimate of drug-likeness (QED) is 0.607. The van der Waals surface area contributed by atoms with Crippen LogP contribution in [-0.2, 0) is 7.05 Å². The summed E-state index contributed by atoms with van der Waals surface area (Å²) in [7, 11) is 1.99. The van der Waals surface area contributed by atoms with Gasteiger partial charge in [0.15, 0.2) is 0 Å². The molecule has 1 atom stereocenters. The number of hydrogen-bond acceptors (Lipinski definition) is 2. The molecule has 1 aromatic heterocycles. The molecule has 0 bridgehead atoms. The van der Waals surface area contributed by atoms with E-state index < -0.39 is 0 Å². The molecule has 0 spiro atoms. The molecule has 1 heterocycles. The molecule has 0 amide bonds. The fourth-order valence-corrected chi connectivity index (χ4v) is 2.53. The Morgan fingerprint density at radius 1 is 1.11 bits per heavy atom. The summed E-state index contributed by atoms with van der Waals surface area (Å²) in [6, 6.07) is 2.57.